The number of aliphatic hydroxyl groups excluding tert-OH is 1. The predicted octanol–water partition coefficient (Wildman–Crippen LogP) is -0.756. The molecule has 2 rings (SSSR count). The number of hydrogen-bond donors (Lipinski definition) is 2. The molecule has 0 radical (unpaired) electrons. The van der Waals surface area contributed by atoms with Crippen LogP contribution in [0.25, 0.3) is 0 Å². The van der Waals surface area contributed by atoms with Crippen LogP contribution in [0.15, 0.2) is 0 Å². The molecule has 1 heterocycles. The Labute approximate surface area is 71.9 Å². The molecule has 2 unspecified atom stereocenters. The molecule has 2 aliphatic rings. The predicted molar refractivity (Wildman–Crippen MR) is 44.4 cm³/mol. The third-order valence-electron chi connectivity index (χ3n) is 2.85. The van der Waals surface area contributed by atoms with Crippen molar-refractivity contribution in [3.05, 3.63) is 0 Å². The van der Waals surface area contributed by atoms with Crippen LogP contribution >= 0.6 is 0 Å². The molecule has 2 atom stereocenters. The monoisotopic (exact) mass is 191 g/mol. The molecule has 70 valence electrons. The van der Waals surface area contributed by atoms with Crippen LogP contribution in [0.3, 0.4) is 0 Å². The summed E-state index contributed by atoms with van der Waals surface area (Å²) in [6, 6.07) is 0. The summed E-state index contributed by atoms with van der Waals surface area (Å²) in [5, 5.41) is 11.2. The lowest BCUT2D eigenvalue weighted by Crippen LogP contribution is -2.63. The minimum atomic E-state index is -3.14. The Morgan fingerprint density at radius 3 is 2.33 bits per heavy atom. The fourth-order valence-corrected chi connectivity index (χ4v) is 3.51. The first-order valence-corrected chi connectivity index (χ1v) is 5.67. The molecule has 1 aliphatic heterocycles. The van der Waals surface area contributed by atoms with E-state index < -0.39 is 26.1 Å². The van der Waals surface area contributed by atoms with Gasteiger partial charge in [-0.3, -0.25) is 5.32 Å². The molecule has 5 heteroatoms. The second-order valence-corrected chi connectivity index (χ2v) is 6.47. The average Bonchev–Trinajstić information content (AvgIpc) is 2.65. The van der Waals surface area contributed by atoms with Crippen LogP contribution in [0, 0.1) is 0 Å². The summed E-state index contributed by atoms with van der Waals surface area (Å²) in [6.07, 6.45) is 0.771. The first-order chi connectivity index (χ1) is 5.47. The van der Waals surface area contributed by atoms with Gasteiger partial charge >= 0.3 is 0 Å². The summed E-state index contributed by atoms with van der Waals surface area (Å²) < 4.78 is 22.8. The zero-order valence-electron chi connectivity index (χ0n) is 6.95. The van der Waals surface area contributed by atoms with Crippen molar-refractivity contribution in [3.8, 4) is 0 Å². The zero-order valence-corrected chi connectivity index (χ0v) is 7.76. The van der Waals surface area contributed by atoms with E-state index in [1.807, 2.05) is 0 Å². The lowest BCUT2D eigenvalue weighted by Gasteiger charge is -2.35. The molecule has 2 fully saturated rings. The highest BCUT2D eigenvalue weighted by Gasteiger charge is 2.56. The SMILES string of the molecule is CC1(S(=O)(=O)C2NCC2O)CC1. The summed E-state index contributed by atoms with van der Waals surface area (Å²) in [5.41, 5.74) is 0. The smallest absolute Gasteiger partial charge is 0.174 e. The van der Waals surface area contributed by atoms with Crippen LogP contribution in [0.1, 0.15) is 19.8 Å². The van der Waals surface area contributed by atoms with E-state index in [4.69, 9.17) is 0 Å². The van der Waals surface area contributed by atoms with Crippen LogP contribution in [-0.2, 0) is 9.84 Å². The van der Waals surface area contributed by atoms with Crippen LogP contribution in [-0.4, -0.2) is 36.3 Å². The molecule has 1 saturated heterocycles. The fraction of sp³-hybridized carbons (Fsp3) is 1.00. The minimum Gasteiger partial charge on any atom is -0.389 e. The molecule has 12 heavy (non-hydrogen) atoms. The maximum Gasteiger partial charge on any atom is 0.174 e. The Morgan fingerprint density at radius 1 is 1.50 bits per heavy atom. The van der Waals surface area contributed by atoms with Gasteiger partial charge in [0.25, 0.3) is 0 Å². The van der Waals surface area contributed by atoms with Crippen molar-refractivity contribution < 1.29 is 13.5 Å². The van der Waals surface area contributed by atoms with E-state index in [0.29, 0.717) is 6.54 Å². The molecule has 0 bridgehead atoms. The lowest BCUT2D eigenvalue weighted by atomic mass is 10.2. The van der Waals surface area contributed by atoms with Gasteiger partial charge in [0.05, 0.1) is 10.9 Å². The maximum absolute atomic E-state index is 11.7. The Hall–Kier alpha value is -0.130. The van der Waals surface area contributed by atoms with Crippen LogP contribution < -0.4 is 5.32 Å². The van der Waals surface area contributed by atoms with E-state index in [-0.39, 0.29) is 0 Å². The lowest BCUT2D eigenvalue weighted by molar-refractivity contribution is 0.0963. The van der Waals surface area contributed by atoms with E-state index in [1.165, 1.54) is 0 Å². The van der Waals surface area contributed by atoms with Crippen molar-refractivity contribution in [3.63, 3.8) is 0 Å². The van der Waals surface area contributed by atoms with Gasteiger partial charge in [-0.25, -0.2) is 8.42 Å². The summed E-state index contributed by atoms with van der Waals surface area (Å²) in [5.74, 6) is 0. The second kappa shape index (κ2) is 2.21. The van der Waals surface area contributed by atoms with Gasteiger partial charge in [-0.1, -0.05) is 0 Å². The Bertz CT molecular complexity index is 294. The number of rotatable bonds is 2. The number of β-amino-alcohol motifs (C(OH)–C–C–N with tert-alkyl or cyclic N) is 1. The zero-order chi connectivity index (χ0) is 8.98. The van der Waals surface area contributed by atoms with Gasteiger partial charge in [0.1, 0.15) is 5.37 Å². The molecule has 0 aromatic carbocycles. The molecule has 0 aromatic rings. The second-order valence-electron chi connectivity index (χ2n) is 3.89. The van der Waals surface area contributed by atoms with Gasteiger partial charge in [-0.15, -0.1) is 0 Å². The highest BCUT2D eigenvalue weighted by Crippen LogP contribution is 2.45. The highest BCUT2D eigenvalue weighted by molar-refractivity contribution is 7.93. The van der Waals surface area contributed by atoms with Crippen LogP contribution in [0.4, 0.5) is 0 Å². The normalized spacial score (nSPS) is 38.8. The van der Waals surface area contributed by atoms with Gasteiger partial charge in [-0.05, 0) is 19.8 Å². The molecule has 0 spiro atoms. The number of aliphatic hydroxyl groups is 1. The van der Waals surface area contributed by atoms with E-state index in [9.17, 15) is 13.5 Å². The van der Waals surface area contributed by atoms with Crippen molar-refractivity contribution >= 4 is 9.84 Å². The Balaban J connectivity index is 2.21. The Kier molecular flexibility index (Phi) is 1.56. The van der Waals surface area contributed by atoms with Gasteiger partial charge in [0, 0.05) is 6.54 Å². The first-order valence-electron chi connectivity index (χ1n) is 4.12. The van der Waals surface area contributed by atoms with Crippen LogP contribution in [0.2, 0.25) is 0 Å². The van der Waals surface area contributed by atoms with E-state index in [0.717, 1.165) is 12.8 Å². The molecule has 1 saturated carbocycles. The topological polar surface area (TPSA) is 66.4 Å². The fourth-order valence-electron chi connectivity index (χ4n) is 1.40. The molecule has 4 nitrogen and oxygen atoms in total. The van der Waals surface area contributed by atoms with Gasteiger partial charge in [0.15, 0.2) is 9.84 Å². The molecular weight excluding hydrogens is 178 g/mol. The van der Waals surface area contributed by atoms with Crippen LogP contribution in [0.5, 0.6) is 0 Å². The highest BCUT2D eigenvalue weighted by atomic mass is 32.2. The van der Waals surface area contributed by atoms with E-state index >= 15 is 0 Å². The minimum absolute atomic E-state index is 0.403. The first kappa shape index (κ1) is 8.47. The number of sulfone groups is 1. The molecular formula is C7H13NO3S. The summed E-state index contributed by atoms with van der Waals surface area (Å²) >= 11 is 0. The standard InChI is InChI=1S/C7H13NO3S/c1-7(2-3-7)12(10,11)6-5(9)4-8-6/h5-6,8-9H,2-4H2,1H3. The third kappa shape index (κ3) is 0.932. The molecule has 0 amide bonds. The van der Waals surface area contributed by atoms with Gasteiger partial charge < -0.3 is 5.11 Å². The van der Waals surface area contributed by atoms with Gasteiger partial charge in [0.2, 0.25) is 0 Å². The van der Waals surface area contributed by atoms with E-state index in [2.05, 4.69) is 5.32 Å². The van der Waals surface area contributed by atoms with Crippen molar-refractivity contribution in [2.45, 2.75) is 36.0 Å². The third-order valence-corrected chi connectivity index (χ3v) is 5.78. The summed E-state index contributed by atoms with van der Waals surface area (Å²) in [7, 11) is -3.14. The molecule has 1 aliphatic carbocycles. The van der Waals surface area contributed by atoms with Crippen molar-refractivity contribution in [2.24, 2.45) is 0 Å². The summed E-state index contributed by atoms with van der Waals surface area (Å²) in [4.78, 5) is 0. The number of nitrogens with one attached hydrogen (secondary N) is 1. The maximum atomic E-state index is 11.7. The average molecular weight is 191 g/mol. The Morgan fingerprint density at radius 2 is 2.08 bits per heavy atom. The molecule has 2 N–H and O–H groups in total. The summed E-state index contributed by atoms with van der Waals surface area (Å²) in [6.45, 7) is 2.15. The van der Waals surface area contributed by atoms with Gasteiger partial charge in [-0.2, -0.15) is 0 Å². The van der Waals surface area contributed by atoms with Crippen molar-refractivity contribution in [1.29, 1.82) is 0 Å². The molecule has 0 aromatic heterocycles. The van der Waals surface area contributed by atoms with Crippen molar-refractivity contribution in [1.82, 2.24) is 5.32 Å². The van der Waals surface area contributed by atoms with Crippen molar-refractivity contribution in [2.75, 3.05) is 6.54 Å². The largest absolute Gasteiger partial charge is 0.389 e. The number of hydrogen-bond acceptors (Lipinski definition) is 4. The quantitative estimate of drug-likeness (QED) is 0.602. The van der Waals surface area contributed by atoms with E-state index in [1.54, 1.807) is 6.92 Å².